The SMILES string of the molecule is Cc1c(NC(=O)C(P)c2ccccc2)ccc(F)c1CN1CCN(C(=O)C2CCCC2)[C@@H](C)C1. The lowest BCUT2D eigenvalue weighted by Crippen LogP contribution is -2.54. The third-order valence-corrected chi connectivity index (χ3v) is 8.01. The zero-order valence-corrected chi connectivity index (χ0v) is 21.3. The number of carbonyl (C=O) groups excluding carboxylic acids is 2. The number of nitrogens with zero attached hydrogens (tertiary/aromatic N) is 2. The molecule has 1 aliphatic heterocycles. The highest BCUT2D eigenvalue weighted by atomic mass is 31.0. The number of amides is 2. The van der Waals surface area contributed by atoms with Crippen molar-refractivity contribution < 1.29 is 14.0 Å². The Kier molecular flexibility index (Phi) is 8.00. The molecule has 5 nitrogen and oxygen atoms in total. The quantitative estimate of drug-likeness (QED) is 0.594. The molecule has 1 saturated carbocycles. The van der Waals surface area contributed by atoms with Gasteiger partial charge in [-0.1, -0.05) is 43.2 Å². The second-order valence-corrected chi connectivity index (χ2v) is 10.3. The Balaban J connectivity index is 1.41. The third-order valence-electron chi connectivity index (χ3n) is 7.32. The molecular weight excluding hydrogens is 448 g/mol. The number of carbonyl (C=O) groups is 2. The predicted octanol–water partition coefficient (Wildman–Crippen LogP) is 4.91. The number of nitrogens with one attached hydrogen (secondary N) is 1. The van der Waals surface area contributed by atoms with E-state index in [0.717, 1.165) is 49.9 Å². The molecule has 3 atom stereocenters. The standard InChI is InChI=1S/C27H35FN3O2P/c1-18-16-30(14-15-31(18)27(33)21-10-6-7-11-21)17-22-19(2)24(13-12-23(22)28)29-26(32)25(34)20-8-4-3-5-9-20/h3-5,8-9,12-13,18,21,25H,6-7,10-11,14-17,34H2,1-2H3,(H,29,32)/t18-,25?/m0/s1. The van der Waals surface area contributed by atoms with Gasteiger partial charge in [-0.15, -0.1) is 9.24 Å². The molecule has 182 valence electrons. The number of benzene rings is 2. The van der Waals surface area contributed by atoms with Crippen LogP contribution in [-0.4, -0.2) is 47.3 Å². The Hall–Kier alpha value is -2.30. The largest absolute Gasteiger partial charge is 0.337 e. The Morgan fingerprint density at radius 2 is 1.82 bits per heavy atom. The smallest absolute Gasteiger partial charge is 0.235 e. The first-order valence-corrected chi connectivity index (χ1v) is 12.9. The molecule has 7 heteroatoms. The van der Waals surface area contributed by atoms with E-state index >= 15 is 0 Å². The average Bonchev–Trinajstić information content (AvgIpc) is 3.38. The number of rotatable bonds is 6. The van der Waals surface area contributed by atoms with E-state index in [0.29, 0.717) is 30.2 Å². The second-order valence-electron chi connectivity index (χ2n) is 9.67. The van der Waals surface area contributed by atoms with Crippen molar-refractivity contribution in [1.82, 2.24) is 9.80 Å². The third kappa shape index (κ3) is 5.50. The molecule has 2 aliphatic rings. The fourth-order valence-electron chi connectivity index (χ4n) is 5.21. The molecule has 0 spiro atoms. The van der Waals surface area contributed by atoms with Gasteiger partial charge in [0, 0.05) is 49.4 Å². The van der Waals surface area contributed by atoms with E-state index in [9.17, 15) is 14.0 Å². The van der Waals surface area contributed by atoms with Gasteiger partial charge in [-0.05, 0) is 49.9 Å². The summed E-state index contributed by atoms with van der Waals surface area (Å²) in [5.41, 5.74) is 2.49. The number of anilines is 1. The van der Waals surface area contributed by atoms with E-state index in [2.05, 4.69) is 26.4 Å². The maximum atomic E-state index is 14.8. The van der Waals surface area contributed by atoms with Gasteiger partial charge in [-0.2, -0.15) is 0 Å². The molecule has 0 radical (unpaired) electrons. The van der Waals surface area contributed by atoms with Gasteiger partial charge in [-0.3, -0.25) is 14.5 Å². The summed E-state index contributed by atoms with van der Waals surface area (Å²) >= 11 is 0. The molecule has 34 heavy (non-hydrogen) atoms. The number of halogens is 1. The van der Waals surface area contributed by atoms with Crippen LogP contribution in [0.4, 0.5) is 10.1 Å². The molecule has 1 saturated heterocycles. The lowest BCUT2D eigenvalue weighted by Gasteiger charge is -2.41. The first-order chi connectivity index (χ1) is 16.3. The fraction of sp³-hybridized carbons (Fsp3) is 0.481. The molecular formula is C27H35FN3O2P. The van der Waals surface area contributed by atoms with Gasteiger partial charge in [0.2, 0.25) is 11.8 Å². The summed E-state index contributed by atoms with van der Waals surface area (Å²) in [6.07, 6.45) is 4.32. The molecule has 2 aromatic carbocycles. The number of piperazine rings is 1. The first kappa shape index (κ1) is 24.8. The highest BCUT2D eigenvalue weighted by Crippen LogP contribution is 2.30. The zero-order valence-electron chi connectivity index (χ0n) is 20.1. The topological polar surface area (TPSA) is 52.7 Å². The summed E-state index contributed by atoms with van der Waals surface area (Å²) < 4.78 is 14.8. The minimum absolute atomic E-state index is 0.108. The van der Waals surface area contributed by atoms with Crippen LogP contribution in [0.15, 0.2) is 42.5 Å². The van der Waals surface area contributed by atoms with Crippen LogP contribution >= 0.6 is 9.24 Å². The van der Waals surface area contributed by atoms with E-state index < -0.39 is 0 Å². The van der Waals surface area contributed by atoms with Crippen LogP contribution < -0.4 is 5.32 Å². The van der Waals surface area contributed by atoms with Gasteiger partial charge in [-0.25, -0.2) is 4.39 Å². The van der Waals surface area contributed by atoms with Gasteiger partial charge >= 0.3 is 0 Å². The van der Waals surface area contributed by atoms with Crippen molar-refractivity contribution in [3.05, 3.63) is 65.0 Å². The van der Waals surface area contributed by atoms with Gasteiger partial charge < -0.3 is 10.2 Å². The Bertz CT molecular complexity index is 1030. The molecule has 1 aliphatic carbocycles. The summed E-state index contributed by atoms with van der Waals surface area (Å²) in [5, 5.41) is 2.98. The number of hydrogen-bond donors (Lipinski definition) is 1. The highest BCUT2D eigenvalue weighted by Gasteiger charge is 2.33. The molecule has 2 unspecified atom stereocenters. The minimum atomic E-state index is -0.388. The molecule has 4 rings (SSSR count). The van der Waals surface area contributed by atoms with Gasteiger partial charge in [0.05, 0.1) is 5.66 Å². The lowest BCUT2D eigenvalue weighted by molar-refractivity contribution is -0.140. The Labute approximate surface area is 204 Å². The minimum Gasteiger partial charge on any atom is -0.337 e. The lowest BCUT2D eigenvalue weighted by atomic mass is 10.0. The highest BCUT2D eigenvalue weighted by molar-refractivity contribution is 7.19. The van der Waals surface area contributed by atoms with E-state index in [4.69, 9.17) is 0 Å². The molecule has 2 amide bonds. The van der Waals surface area contributed by atoms with Crippen LogP contribution in [0.3, 0.4) is 0 Å². The summed E-state index contributed by atoms with van der Waals surface area (Å²) in [5.74, 6) is 0.0650. The van der Waals surface area contributed by atoms with E-state index in [-0.39, 0.29) is 29.3 Å². The normalized spacial score (nSPS) is 20.4. The average molecular weight is 484 g/mol. The molecule has 0 aromatic heterocycles. The summed E-state index contributed by atoms with van der Waals surface area (Å²) in [4.78, 5) is 30.0. The van der Waals surface area contributed by atoms with Crippen molar-refractivity contribution in [2.75, 3.05) is 25.0 Å². The number of hydrogen-bond acceptors (Lipinski definition) is 3. The van der Waals surface area contributed by atoms with Crippen molar-refractivity contribution in [2.24, 2.45) is 5.92 Å². The van der Waals surface area contributed by atoms with Gasteiger partial charge in [0.25, 0.3) is 0 Å². The van der Waals surface area contributed by atoms with E-state index in [1.165, 1.54) is 6.07 Å². The zero-order chi connectivity index (χ0) is 24.2. The van der Waals surface area contributed by atoms with E-state index in [1.807, 2.05) is 42.2 Å². The Morgan fingerprint density at radius 1 is 1.12 bits per heavy atom. The van der Waals surface area contributed by atoms with Gasteiger partial charge in [0.15, 0.2) is 0 Å². The molecule has 1 heterocycles. The van der Waals surface area contributed by atoms with Gasteiger partial charge in [0.1, 0.15) is 5.82 Å². The van der Waals surface area contributed by atoms with Crippen molar-refractivity contribution in [1.29, 1.82) is 0 Å². The van der Waals surface area contributed by atoms with Crippen molar-refractivity contribution in [3.8, 4) is 0 Å². The van der Waals surface area contributed by atoms with Crippen molar-refractivity contribution in [3.63, 3.8) is 0 Å². The maximum Gasteiger partial charge on any atom is 0.235 e. The monoisotopic (exact) mass is 483 g/mol. The summed E-state index contributed by atoms with van der Waals surface area (Å²) in [6.45, 7) is 6.52. The van der Waals surface area contributed by atoms with Crippen LogP contribution in [0.25, 0.3) is 0 Å². The van der Waals surface area contributed by atoms with Crippen molar-refractivity contribution in [2.45, 2.75) is 57.8 Å². The summed E-state index contributed by atoms with van der Waals surface area (Å²) in [7, 11) is 2.58. The molecule has 1 N–H and O–H groups in total. The van der Waals surface area contributed by atoms with Crippen LogP contribution in [0.5, 0.6) is 0 Å². The molecule has 2 fully saturated rings. The predicted molar refractivity (Wildman–Crippen MR) is 137 cm³/mol. The maximum absolute atomic E-state index is 14.8. The molecule has 2 aromatic rings. The Morgan fingerprint density at radius 3 is 2.50 bits per heavy atom. The van der Waals surface area contributed by atoms with E-state index in [1.54, 1.807) is 6.07 Å². The fourth-order valence-corrected chi connectivity index (χ4v) is 5.52. The van der Waals surface area contributed by atoms with Crippen LogP contribution in [0.1, 0.15) is 55.0 Å². The van der Waals surface area contributed by atoms with Crippen LogP contribution in [0.2, 0.25) is 0 Å². The van der Waals surface area contributed by atoms with Crippen LogP contribution in [0, 0.1) is 18.7 Å². The second kappa shape index (κ2) is 11.0. The first-order valence-electron chi connectivity index (χ1n) is 12.3. The summed E-state index contributed by atoms with van der Waals surface area (Å²) in [6, 6.07) is 12.7. The van der Waals surface area contributed by atoms with Crippen molar-refractivity contribution >= 4 is 26.7 Å². The van der Waals surface area contributed by atoms with Crippen LogP contribution in [-0.2, 0) is 16.1 Å². The molecule has 0 bridgehead atoms.